The molecule has 0 aliphatic rings. The Hall–Kier alpha value is -4.20. The van der Waals surface area contributed by atoms with Gasteiger partial charge in [0.25, 0.3) is 0 Å². The van der Waals surface area contributed by atoms with Crippen molar-refractivity contribution in [3.8, 4) is 0 Å². The van der Waals surface area contributed by atoms with Crippen LogP contribution in [-0.4, -0.2) is 34.2 Å². The van der Waals surface area contributed by atoms with Gasteiger partial charge in [-0.15, -0.1) is 0 Å². The minimum Gasteiger partial charge on any atom is -0.361 e. The van der Waals surface area contributed by atoms with E-state index in [1.165, 1.54) is 0 Å². The van der Waals surface area contributed by atoms with E-state index in [0.717, 1.165) is 32.9 Å². The van der Waals surface area contributed by atoms with Crippen molar-refractivity contribution in [2.24, 2.45) is 10.2 Å². The zero-order valence-corrected chi connectivity index (χ0v) is 16.8. The van der Waals surface area contributed by atoms with Crippen molar-refractivity contribution in [1.82, 2.24) is 20.8 Å². The molecule has 4 aromatic rings. The third kappa shape index (κ3) is 5.05. The van der Waals surface area contributed by atoms with Crippen molar-refractivity contribution in [2.75, 3.05) is 0 Å². The van der Waals surface area contributed by atoms with Gasteiger partial charge >= 0.3 is 0 Å². The quantitative estimate of drug-likeness (QED) is 0.261. The van der Waals surface area contributed by atoms with E-state index in [1.807, 2.05) is 60.9 Å². The normalized spacial score (nSPS) is 11.6. The predicted molar refractivity (Wildman–Crippen MR) is 122 cm³/mol. The van der Waals surface area contributed by atoms with Crippen molar-refractivity contribution in [1.29, 1.82) is 0 Å². The Labute approximate surface area is 178 Å². The molecule has 4 N–H and O–H groups in total. The van der Waals surface area contributed by atoms with E-state index in [-0.39, 0.29) is 24.7 Å². The van der Waals surface area contributed by atoms with Gasteiger partial charge in [0.05, 0.1) is 12.4 Å². The molecule has 0 atom stereocenters. The number of fused-ring (bicyclic) bond motifs is 2. The van der Waals surface area contributed by atoms with Crippen LogP contribution < -0.4 is 10.9 Å². The van der Waals surface area contributed by atoms with Crippen LogP contribution in [0, 0.1) is 0 Å². The number of benzene rings is 2. The van der Waals surface area contributed by atoms with Crippen LogP contribution >= 0.6 is 0 Å². The van der Waals surface area contributed by atoms with Gasteiger partial charge in [-0.3, -0.25) is 9.59 Å². The molecule has 2 amide bonds. The van der Waals surface area contributed by atoms with Crippen LogP contribution in [0.3, 0.4) is 0 Å². The zero-order valence-electron chi connectivity index (χ0n) is 16.8. The van der Waals surface area contributed by atoms with E-state index >= 15 is 0 Å². The fourth-order valence-corrected chi connectivity index (χ4v) is 3.27. The largest absolute Gasteiger partial charge is 0.361 e. The molecule has 0 fully saturated rings. The fraction of sp³-hybridized carbons (Fsp3) is 0.130. The molecule has 0 spiro atoms. The number of hydrogen-bond donors (Lipinski definition) is 4. The molecule has 0 aliphatic heterocycles. The lowest BCUT2D eigenvalue weighted by atomic mass is 10.2. The summed E-state index contributed by atoms with van der Waals surface area (Å²) >= 11 is 0. The number of nitrogens with zero attached hydrogens (tertiary/aromatic N) is 2. The van der Waals surface area contributed by atoms with E-state index in [1.54, 1.807) is 12.4 Å². The Morgan fingerprint density at radius 3 is 1.68 bits per heavy atom. The molecule has 2 aromatic heterocycles. The third-order valence-electron chi connectivity index (χ3n) is 4.84. The van der Waals surface area contributed by atoms with Gasteiger partial charge in [0.1, 0.15) is 0 Å². The SMILES string of the molecule is O=C(CCCC(=O)N/N=C\c1c[nH]c2ccccc12)N/N=C\c1c[nH]c2ccccc12. The van der Waals surface area contributed by atoms with Gasteiger partial charge in [-0.1, -0.05) is 36.4 Å². The number of hydrogen-bond acceptors (Lipinski definition) is 4. The molecule has 2 aromatic carbocycles. The zero-order chi connectivity index (χ0) is 21.5. The molecule has 31 heavy (non-hydrogen) atoms. The molecule has 4 rings (SSSR count). The topological polar surface area (TPSA) is 114 Å². The summed E-state index contributed by atoms with van der Waals surface area (Å²) in [5.74, 6) is -0.489. The summed E-state index contributed by atoms with van der Waals surface area (Å²) < 4.78 is 0. The number of aromatic amines is 2. The molecule has 0 unspecified atom stereocenters. The van der Waals surface area contributed by atoms with Crippen molar-refractivity contribution in [2.45, 2.75) is 19.3 Å². The van der Waals surface area contributed by atoms with E-state index < -0.39 is 0 Å². The number of aromatic nitrogens is 2. The lowest BCUT2D eigenvalue weighted by Crippen LogP contribution is -2.20. The van der Waals surface area contributed by atoms with Gasteiger partial charge in [0.2, 0.25) is 11.8 Å². The average Bonchev–Trinajstić information content (AvgIpc) is 3.38. The summed E-state index contributed by atoms with van der Waals surface area (Å²) in [6.45, 7) is 0. The standard InChI is InChI=1S/C23H22N6O2/c30-22(28-26-14-16-12-24-20-8-3-1-6-18(16)20)10-5-11-23(31)29-27-15-17-13-25-21-9-4-2-7-19(17)21/h1-4,6-9,12-15,24-25H,5,10-11H2,(H,28,30)(H,29,31)/b26-14-,27-15-. The van der Waals surface area contributed by atoms with Crippen molar-refractivity contribution >= 4 is 46.0 Å². The second-order valence-corrected chi connectivity index (χ2v) is 7.02. The molecule has 156 valence electrons. The van der Waals surface area contributed by atoms with Crippen molar-refractivity contribution < 1.29 is 9.59 Å². The van der Waals surface area contributed by atoms with E-state index in [2.05, 4.69) is 31.0 Å². The highest BCUT2D eigenvalue weighted by molar-refractivity contribution is 6.00. The van der Waals surface area contributed by atoms with E-state index in [0.29, 0.717) is 6.42 Å². The molecule has 8 heteroatoms. The average molecular weight is 414 g/mol. The van der Waals surface area contributed by atoms with Crippen LogP contribution in [0.5, 0.6) is 0 Å². The van der Waals surface area contributed by atoms with Gasteiger partial charge in [0.15, 0.2) is 0 Å². The fourth-order valence-electron chi connectivity index (χ4n) is 3.27. The number of para-hydroxylation sites is 2. The minimum absolute atomic E-state index is 0.199. The Morgan fingerprint density at radius 1 is 0.742 bits per heavy atom. The first-order chi connectivity index (χ1) is 15.2. The second kappa shape index (κ2) is 9.53. The van der Waals surface area contributed by atoms with Gasteiger partial charge in [0, 0.05) is 58.2 Å². The highest BCUT2D eigenvalue weighted by Crippen LogP contribution is 2.16. The van der Waals surface area contributed by atoms with E-state index in [9.17, 15) is 9.59 Å². The van der Waals surface area contributed by atoms with Crippen molar-refractivity contribution in [3.63, 3.8) is 0 Å². The molecular weight excluding hydrogens is 392 g/mol. The number of nitrogens with one attached hydrogen (secondary N) is 4. The molecule has 8 nitrogen and oxygen atoms in total. The van der Waals surface area contributed by atoms with Crippen LogP contribution in [0.15, 0.2) is 71.1 Å². The first-order valence-corrected chi connectivity index (χ1v) is 9.97. The first kappa shape index (κ1) is 20.1. The summed E-state index contributed by atoms with van der Waals surface area (Å²) in [4.78, 5) is 30.1. The van der Waals surface area contributed by atoms with Crippen LogP contribution in [0.1, 0.15) is 30.4 Å². The summed E-state index contributed by atoms with van der Waals surface area (Å²) in [5.41, 5.74) is 8.78. The minimum atomic E-state index is -0.244. The maximum Gasteiger partial charge on any atom is 0.240 e. The van der Waals surface area contributed by atoms with Crippen molar-refractivity contribution in [3.05, 3.63) is 72.1 Å². The number of carbonyl (C=O) groups is 2. The summed E-state index contributed by atoms with van der Waals surface area (Å²) in [5, 5.41) is 10.1. The summed E-state index contributed by atoms with van der Waals surface area (Å²) in [6, 6.07) is 15.7. The molecular formula is C23H22N6O2. The van der Waals surface area contributed by atoms with Crippen LogP contribution in [0.2, 0.25) is 0 Å². The van der Waals surface area contributed by atoms with Crippen LogP contribution in [0.4, 0.5) is 0 Å². The lowest BCUT2D eigenvalue weighted by Gasteiger charge is -2.00. The molecule has 0 aliphatic carbocycles. The Kier molecular flexibility index (Phi) is 6.18. The number of amides is 2. The summed E-state index contributed by atoms with van der Waals surface area (Å²) in [7, 11) is 0. The van der Waals surface area contributed by atoms with Gasteiger partial charge < -0.3 is 9.97 Å². The molecule has 0 saturated heterocycles. The second-order valence-electron chi connectivity index (χ2n) is 7.02. The molecule has 0 bridgehead atoms. The van der Waals surface area contributed by atoms with Crippen LogP contribution in [-0.2, 0) is 9.59 Å². The highest BCUT2D eigenvalue weighted by Gasteiger charge is 2.05. The molecule has 2 heterocycles. The predicted octanol–water partition coefficient (Wildman–Crippen LogP) is 3.42. The molecule has 0 saturated carbocycles. The third-order valence-corrected chi connectivity index (χ3v) is 4.84. The maximum atomic E-state index is 11.9. The smallest absolute Gasteiger partial charge is 0.240 e. The first-order valence-electron chi connectivity index (χ1n) is 9.97. The highest BCUT2D eigenvalue weighted by atomic mass is 16.2. The Morgan fingerprint density at radius 2 is 1.19 bits per heavy atom. The summed E-state index contributed by atoms with van der Waals surface area (Å²) in [6.07, 6.45) is 7.67. The lowest BCUT2D eigenvalue weighted by molar-refractivity contribution is -0.122. The number of carbonyl (C=O) groups excluding carboxylic acids is 2. The van der Waals surface area contributed by atoms with Gasteiger partial charge in [-0.25, -0.2) is 10.9 Å². The number of rotatable bonds is 8. The van der Waals surface area contributed by atoms with Gasteiger partial charge in [-0.2, -0.15) is 10.2 Å². The van der Waals surface area contributed by atoms with E-state index in [4.69, 9.17) is 0 Å². The number of hydrazone groups is 2. The monoisotopic (exact) mass is 414 g/mol. The maximum absolute atomic E-state index is 11.9. The van der Waals surface area contributed by atoms with Gasteiger partial charge in [-0.05, 0) is 18.6 Å². The molecule has 0 radical (unpaired) electrons. The Bertz CT molecular complexity index is 1170. The number of H-pyrrole nitrogens is 2. The van der Waals surface area contributed by atoms with Crippen LogP contribution in [0.25, 0.3) is 21.8 Å². The Balaban J connectivity index is 1.17.